The molecule has 0 fully saturated rings. The summed E-state index contributed by atoms with van der Waals surface area (Å²) in [5.74, 6) is -0.278. The van der Waals surface area contributed by atoms with Gasteiger partial charge < -0.3 is 4.74 Å². The largest absolute Gasteiger partial charge is 0.457 e. The number of esters is 1. The molecule has 0 aliphatic heterocycles. The highest BCUT2D eigenvalue weighted by Gasteiger charge is 2.15. The molecule has 0 amide bonds. The minimum Gasteiger partial charge on any atom is -0.457 e. The van der Waals surface area contributed by atoms with E-state index in [2.05, 4.69) is 4.98 Å². The van der Waals surface area contributed by atoms with E-state index in [9.17, 15) is 4.79 Å². The number of aromatic nitrogens is 1. The second kappa shape index (κ2) is 5.96. The standard InChI is InChI=1S/C15H15NO2/c1-12(17)18-15(13-7-3-2-4-8-13)11-14-9-5-6-10-16-14/h2-10,15H,11H2,1H3. The average molecular weight is 241 g/mol. The van der Waals surface area contributed by atoms with Gasteiger partial charge in [-0.25, -0.2) is 0 Å². The number of carbonyl (C=O) groups excluding carboxylic acids is 1. The Hall–Kier alpha value is -2.16. The fourth-order valence-corrected chi connectivity index (χ4v) is 1.80. The van der Waals surface area contributed by atoms with E-state index < -0.39 is 0 Å². The number of nitrogens with zero attached hydrogens (tertiary/aromatic N) is 1. The lowest BCUT2D eigenvalue weighted by atomic mass is 10.0. The first-order chi connectivity index (χ1) is 8.75. The Labute approximate surface area is 106 Å². The second-order valence-electron chi connectivity index (χ2n) is 4.03. The third-order valence-corrected chi connectivity index (χ3v) is 2.60. The fourth-order valence-electron chi connectivity index (χ4n) is 1.80. The lowest BCUT2D eigenvalue weighted by molar-refractivity contribution is -0.146. The number of ether oxygens (including phenoxy) is 1. The van der Waals surface area contributed by atoms with Crippen LogP contribution in [-0.2, 0) is 16.0 Å². The van der Waals surface area contributed by atoms with E-state index in [4.69, 9.17) is 4.74 Å². The van der Waals surface area contributed by atoms with Crippen LogP contribution in [0.5, 0.6) is 0 Å². The van der Waals surface area contributed by atoms with Crippen LogP contribution in [0.4, 0.5) is 0 Å². The predicted molar refractivity (Wildman–Crippen MR) is 68.9 cm³/mol. The topological polar surface area (TPSA) is 39.2 Å². The number of carbonyl (C=O) groups is 1. The molecule has 1 atom stereocenters. The molecule has 18 heavy (non-hydrogen) atoms. The Morgan fingerprint density at radius 1 is 1.17 bits per heavy atom. The van der Waals surface area contributed by atoms with Crippen molar-refractivity contribution in [2.75, 3.05) is 0 Å². The maximum atomic E-state index is 11.2. The summed E-state index contributed by atoms with van der Waals surface area (Å²) in [6, 6.07) is 15.4. The van der Waals surface area contributed by atoms with Gasteiger partial charge in [0.2, 0.25) is 0 Å². The van der Waals surface area contributed by atoms with Crippen molar-refractivity contribution >= 4 is 5.97 Å². The summed E-state index contributed by atoms with van der Waals surface area (Å²) in [7, 11) is 0. The number of hydrogen-bond donors (Lipinski definition) is 0. The van der Waals surface area contributed by atoms with Crippen LogP contribution in [-0.4, -0.2) is 11.0 Å². The molecule has 92 valence electrons. The van der Waals surface area contributed by atoms with Gasteiger partial charge in [0, 0.05) is 25.2 Å². The van der Waals surface area contributed by atoms with Crippen LogP contribution in [0.15, 0.2) is 54.7 Å². The molecule has 1 unspecified atom stereocenters. The molecule has 3 nitrogen and oxygen atoms in total. The molecule has 0 radical (unpaired) electrons. The molecule has 2 rings (SSSR count). The zero-order chi connectivity index (χ0) is 12.8. The Morgan fingerprint density at radius 2 is 1.89 bits per heavy atom. The van der Waals surface area contributed by atoms with Crippen LogP contribution in [0, 0.1) is 0 Å². The van der Waals surface area contributed by atoms with Crippen molar-refractivity contribution in [3.63, 3.8) is 0 Å². The monoisotopic (exact) mass is 241 g/mol. The molecule has 0 bridgehead atoms. The maximum absolute atomic E-state index is 11.2. The van der Waals surface area contributed by atoms with Crippen LogP contribution in [0.25, 0.3) is 0 Å². The Morgan fingerprint density at radius 3 is 2.50 bits per heavy atom. The van der Waals surface area contributed by atoms with Crippen molar-refractivity contribution in [1.82, 2.24) is 4.98 Å². The summed E-state index contributed by atoms with van der Waals surface area (Å²) in [6.45, 7) is 1.42. The molecule has 0 aliphatic rings. The first-order valence-corrected chi connectivity index (χ1v) is 5.88. The van der Waals surface area contributed by atoms with Gasteiger partial charge in [-0.2, -0.15) is 0 Å². The summed E-state index contributed by atoms with van der Waals surface area (Å²) in [5, 5.41) is 0. The van der Waals surface area contributed by atoms with E-state index in [1.54, 1.807) is 6.20 Å². The van der Waals surface area contributed by atoms with Crippen molar-refractivity contribution in [2.24, 2.45) is 0 Å². The molecular formula is C15H15NO2. The lowest BCUT2D eigenvalue weighted by Crippen LogP contribution is -2.12. The van der Waals surface area contributed by atoms with E-state index in [0.717, 1.165) is 11.3 Å². The average Bonchev–Trinajstić information content (AvgIpc) is 2.40. The van der Waals surface area contributed by atoms with Gasteiger partial charge in [-0.3, -0.25) is 9.78 Å². The number of benzene rings is 1. The van der Waals surface area contributed by atoms with Crippen molar-refractivity contribution in [3.05, 3.63) is 66.0 Å². The zero-order valence-corrected chi connectivity index (χ0v) is 10.2. The van der Waals surface area contributed by atoms with E-state index in [1.165, 1.54) is 6.92 Å². The van der Waals surface area contributed by atoms with Crippen LogP contribution in [0.1, 0.15) is 24.3 Å². The van der Waals surface area contributed by atoms with E-state index in [1.807, 2.05) is 48.5 Å². The van der Waals surface area contributed by atoms with Gasteiger partial charge in [-0.05, 0) is 17.7 Å². The van der Waals surface area contributed by atoms with Gasteiger partial charge in [-0.15, -0.1) is 0 Å². The summed E-state index contributed by atoms with van der Waals surface area (Å²) in [5.41, 5.74) is 1.89. The van der Waals surface area contributed by atoms with E-state index in [-0.39, 0.29) is 12.1 Å². The van der Waals surface area contributed by atoms with Gasteiger partial charge in [0.25, 0.3) is 0 Å². The van der Waals surface area contributed by atoms with Crippen molar-refractivity contribution in [1.29, 1.82) is 0 Å². The quantitative estimate of drug-likeness (QED) is 0.772. The third-order valence-electron chi connectivity index (χ3n) is 2.60. The van der Waals surface area contributed by atoms with Gasteiger partial charge in [0.15, 0.2) is 0 Å². The Bertz CT molecular complexity index is 496. The second-order valence-corrected chi connectivity index (χ2v) is 4.03. The van der Waals surface area contributed by atoms with Crippen LogP contribution < -0.4 is 0 Å². The van der Waals surface area contributed by atoms with Crippen molar-refractivity contribution in [2.45, 2.75) is 19.4 Å². The smallest absolute Gasteiger partial charge is 0.303 e. The highest BCUT2D eigenvalue weighted by Crippen LogP contribution is 2.21. The number of pyridine rings is 1. The molecule has 2 aromatic rings. The molecule has 0 spiro atoms. The molecule has 0 aliphatic carbocycles. The number of hydrogen-bond acceptors (Lipinski definition) is 3. The Kier molecular flexibility index (Phi) is 4.07. The summed E-state index contributed by atoms with van der Waals surface area (Å²) >= 11 is 0. The minimum atomic E-state index is -0.279. The molecule has 1 aromatic carbocycles. The molecule has 1 heterocycles. The molecule has 1 aromatic heterocycles. The van der Waals surface area contributed by atoms with Crippen molar-refractivity contribution in [3.8, 4) is 0 Å². The first kappa shape index (κ1) is 12.3. The highest BCUT2D eigenvalue weighted by atomic mass is 16.5. The highest BCUT2D eigenvalue weighted by molar-refractivity contribution is 5.66. The van der Waals surface area contributed by atoms with Gasteiger partial charge >= 0.3 is 5.97 Å². The predicted octanol–water partition coefficient (Wildman–Crippen LogP) is 2.93. The SMILES string of the molecule is CC(=O)OC(Cc1ccccn1)c1ccccc1. The first-order valence-electron chi connectivity index (χ1n) is 5.88. The normalized spacial score (nSPS) is 11.8. The Balaban J connectivity index is 2.18. The van der Waals surface area contributed by atoms with Crippen LogP contribution in [0.3, 0.4) is 0 Å². The van der Waals surface area contributed by atoms with Crippen molar-refractivity contribution < 1.29 is 9.53 Å². The van der Waals surface area contributed by atoms with Crippen LogP contribution >= 0.6 is 0 Å². The van der Waals surface area contributed by atoms with E-state index in [0.29, 0.717) is 6.42 Å². The molecular weight excluding hydrogens is 226 g/mol. The molecule has 0 N–H and O–H groups in total. The molecule has 3 heteroatoms. The fraction of sp³-hybridized carbons (Fsp3) is 0.200. The maximum Gasteiger partial charge on any atom is 0.303 e. The minimum absolute atomic E-state index is 0.278. The van der Waals surface area contributed by atoms with Gasteiger partial charge in [0.1, 0.15) is 6.10 Å². The van der Waals surface area contributed by atoms with Gasteiger partial charge in [0.05, 0.1) is 0 Å². The third kappa shape index (κ3) is 3.42. The zero-order valence-electron chi connectivity index (χ0n) is 10.2. The number of rotatable bonds is 4. The summed E-state index contributed by atoms with van der Waals surface area (Å²) < 4.78 is 5.36. The molecule has 0 saturated carbocycles. The summed E-state index contributed by atoms with van der Waals surface area (Å²) in [4.78, 5) is 15.4. The van der Waals surface area contributed by atoms with Crippen LogP contribution in [0.2, 0.25) is 0 Å². The lowest BCUT2D eigenvalue weighted by Gasteiger charge is -2.17. The van der Waals surface area contributed by atoms with E-state index >= 15 is 0 Å². The van der Waals surface area contributed by atoms with Gasteiger partial charge in [-0.1, -0.05) is 36.4 Å². The summed E-state index contributed by atoms with van der Waals surface area (Å²) in [6.07, 6.45) is 2.05. The molecule has 0 saturated heterocycles.